The number of nitrogens with zero attached hydrogens (tertiary/aromatic N) is 6. The highest BCUT2D eigenvalue weighted by molar-refractivity contribution is 7.93. The molecule has 198 valence electrons. The van der Waals surface area contributed by atoms with Crippen LogP contribution in [0.1, 0.15) is 18.4 Å². The zero-order valence-corrected chi connectivity index (χ0v) is 22.2. The third-order valence-electron chi connectivity index (χ3n) is 6.42. The molecule has 1 N–H and O–H groups in total. The van der Waals surface area contributed by atoms with Gasteiger partial charge in [-0.05, 0) is 37.5 Å². The standard InChI is InChI=1S/C26H29N7O4S/c1-18-15-27-25(28-16-18)32-14-8-11-20(17-32)38(34,35)31-26-30-29-24(19-9-5-4-6-10-19)33(26)23-21(36-2)12-7-13-22(23)37-3/h4-7,9-10,12-13,15-16,20H,8,11,14,17H2,1-3H3,(H,30,31)/t20-/m0/s1. The number of hydrogen-bond acceptors (Lipinski definition) is 9. The number of benzene rings is 2. The fourth-order valence-corrected chi connectivity index (χ4v) is 5.93. The average molecular weight is 536 g/mol. The van der Waals surface area contributed by atoms with Crippen molar-refractivity contribution in [3.63, 3.8) is 0 Å². The first-order valence-electron chi connectivity index (χ1n) is 12.2. The minimum Gasteiger partial charge on any atom is -0.494 e. The second-order valence-electron chi connectivity index (χ2n) is 8.98. The van der Waals surface area contributed by atoms with E-state index in [4.69, 9.17) is 9.47 Å². The van der Waals surface area contributed by atoms with Gasteiger partial charge in [-0.1, -0.05) is 36.4 Å². The van der Waals surface area contributed by atoms with Crippen LogP contribution in [0.4, 0.5) is 11.9 Å². The molecule has 2 aromatic carbocycles. The Kier molecular flexibility index (Phi) is 7.14. The van der Waals surface area contributed by atoms with Crippen molar-refractivity contribution in [2.75, 3.05) is 36.9 Å². The Morgan fingerprint density at radius 1 is 0.947 bits per heavy atom. The maximum Gasteiger partial charge on any atom is 0.243 e. The summed E-state index contributed by atoms with van der Waals surface area (Å²) in [5.74, 6) is 1.94. The van der Waals surface area contributed by atoms with E-state index in [0.717, 1.165) is 11.1 Å². The predicted octanol–water partition coefficient (Wildman–Crippen LogP) is 3.46. The zero-order chi connectivity index (χ0) is 26.7. The maximum absolute atomic E-state index is 13.7. The first-order chi connectivity index (χ1) is 18.4. The van der Waals surface area contributed by atoms with Gasteiger partial charge in [0.1, 0.15) is 17.2 Å². The number of rotatable bonds is 8. The SMILES string of the molecule is COc1cccc(OC)c1-n1c(NS(=O)(=O)[C@H]2CCCN(c3ncc(C)cn3)C2)nnc1-c1ccccc1. The Balaban J connectivity index is 1.54. The normalized spacial score (nSPS) is 15.8. The molecular formula is C26H29N7O4S. The summed E-state index contributed by atoms with van der Waals surface area (Å²) >= 11 is 0. The van der Waals surface area contributed by atoms with Crippen LogP contribution in [0.5, 0.6) is 11.5 Å². The number of aryl methyl sites for hydroxylation is 1. The molecule has 2 aromatic heterocycles. The Morgan fingerprint density at radius 3 is 2.29 bits per heavy atom. The second-order valence-corrected chi connectivity index (χ2v) is 10.9. The number of para-hydroxylation sites is 1. The fraction of sp³-hybridized carbons (Fsp3) is 0.308. The Hall–Kier alpha value is -4.19. The van der Waals surface area contributed by atoms with Gasteiger partial charge >= 0.3 is 0 Å². The number of nitrogens with one attached hydrogen (secondary N) is 1. The number of sulfonamides is 1. The lowest BCUT2D eigenvalue weighted by atomic mass is 10.1. The highest BCUT2D eigenvalue weighted by Gasteiger charge is 2.34. The number of anilines is 2. The van der Waals surface area contributed by atoms with Gasteiger partial charge in [0.05, 0.1) is 19.5 Å². The molecule has 5 rings (SSSR count). The first kappa shape index (κ1) is 25.5. The smallest absolute Gasteiger partial charge is 0.243 e. The summed E-state index contributed by atoms with van der Waals surface area (Å²) in [5.41, 5.74) is 2.17. The number of hydrogen-bond donors (Lipinski definition) is 1. The van der Waals surface area contributed by atoms with Crippen LogP contribution in [-0.2, 0) is 10.0 Å². The predicted molar refractivity (Wildman–Crippen MR) is 144 cm³/mol. The Labute approximate surface area is 221 Å². The summed E-state index contributed by atoms with van der Waals surface area (Å²) in [6.07, 6.45) is 4.64. The summed E-state index contributed by atoms with van der Waals surface area (Å²) in [6, 6.07) is 14.7. The second kappa shape index (κ2) is 10.7. The summed E-state index contributed by atoms with van der Waals surface area (Å²) < 4.78 is 43.0. The Morgan fingerprint density at radius 2 is 1.63 bits per heavy atom. The van der Waals surface area contributed by atoms with Crippen molar-refractivity contribution >= 4 is 21.9 Å². The summed E-state index contributed by atoms with van der Waals surface area (Å²) in [4.78, 5) is 10.7. The monoisotopic (exact) mass is 535 g/mol. The first-order valence-corrected chi connectivity index (χ1v) is 13.7. The third kappa shape index (κ3) is 4.99. The van der Waals surface area contributed by atoms with Crippen molar-refractivity contribution in [3.05, 3.63) is 66.5 Å². The van der Waals surface area contributed by atoms with Crippen LogP contribution in [-0.4, -0.2) is 65.7 Å². The van der Waals surface area contributed by atoms with Crippen LogP contribution in [0, 0.1) is 6.92 Å². The topological polar surface area (TPSA) is 124 Å². The van der Waals surface area contributed by atoms with Crippen molar-refractivity contribution in [2.45, 2.75) is 25.0 Å². The summed E-state index contributed by atoms with van der Waals surface area (Å²) in [7, 11) is -0.796. The quantitative estimate of drug-likeness (QED) is 0.361. The van der Waals surface area contributed by atoms with Crippen LogP contribution >= 0.6 is 0 Å². The molecule has 1 saturated heterocycles. The van der Waals surface area contributed by atoms with Gasteiger partial charge < -0.3 is 14.4 Å². The van der Waals surface area contributed by atoms with Crippen LogP contribution in [0.3, 0.4) is 0 Å². The van der Waals surface area contributed by atoms with Crippen molar-refractivity contribution in [1.82, 2.24) is 24.7 Å². The Bertz CT molecular complexity index is 1490. The van der Waals surface area contributed by atoms with E-state index in [9.17, 15) is 8.42 Å². The van der Waals surface area contributed by atoms with Gasteiger partial charge in [-0.3, -0.25) is 9.29 Å². The van der Waals surface area contributed by atoms with E-state index >= 15 is 0 Å². The molecule has 0 radical (unpaired) electrons. The number of piperidine rings is 1. The van der Waals surface area contributed by atoms with E-state index in [2.05, 4.69) is 24.9 Å². The molecule has 0 bridgehead atoms. The van der Waals surface area contributed by atoms with Crippen molar-refractivity contribution < 1.29 is 17.9 Å². The molecule has 0 unspecified atom stereocenters. The largest absolute Gasteiger partial charge is 0.494 e. The van der Waals surface area contributed by atoms with E-state index in [0.29, 0.717) is 48.3 Å². The van der Waals surface area contributed by atoms with Crippen LogP contribution in [0.15, 0.2) is 60.9 Å². The van der Waals surface area contributed by atoms with E-state index in [1.807, 2.05) is 42.2 Å². The lowest BCUT2D eigenvalue weighted by Gasteiger charge is -2.32. The van der Waals surface area contributed by atoms with Crippen LogP contribution < -0.4 is 19.1 Å². The molecule has 3 heterocycles. The number of methoxy groups -OCH3 is 2. The van der Waals surface area contributed by atoms with Crippen LogP contribution in [0.25, 0.3) is 17.1 Å². The van der Waals surface area contributed by atoms with E-state index in [1.54, 1.807) is 49.4 Å². The van der Waals surface area contributed by atoms with Gasteiger partial charge in [0.15, 0.2) is 5.82 Å². The lowest BCUT2D eigenvalue weighted by Crippen LogP contribution is -2.45. The molecule has 0 saturated carbocycles. The van der Waals surface area contributed by atoms with Gasteiger partial charge in [0.25, 0.3) is 0 Å². The van der Waals surface area contributed by atoms with Gasteiger partial charge in [-0.2, -0.15) is 0 Å². The molecule has 1 aliphatic heterocycles. The van der Waals surface area contributed by atoms with Crippen LogP contribution in [0.2, 0.25) is 0 Å². The van der Waals surface area contributed by atoms with E-state index < -0.39 is 15.3 Å². The maximum atomic E-state index is 13.7. The lowest BCUT2D eigenvalue weighted by molar-refractivity contribution is 0.391. The molecule has 1 atom stereocenters. The highest BCUT2D eigenvalue weighted by atomic mass is 32.2. The number of aromatic nitrogens is 5. The van der Waals surface area contributed by atoms with Gasteiger partial charge in [0.2, 0.25) is 21.9 Å². The average Bonchev–Trinajstić information content (AvgIpc) is 3.35. The summed E-state index contributed by atoms with van der Waals surface area (Å²) in [5, 5.41) is 7.92. The molecule has 1 fully saturated rings. The van der Waals surface area contributed by atoms with Crippen molar-refractivity contribution in [1.29, 1.82) is 0 Å². The minimum atomic E-state index is -3.88. The van der Waals surface area contributed by atoms with E-state index in [-0.39, 0.29) is 12.5 Å². The van der Waals surface area contributed by atoms with Gasteiger partial charge in [0, 0.05) is 31.0 Å². The molecule has 0 aliphatic carbocycles. The number of ether oxygens (including phenoxy) is 2. The molecule has 0 amide bonds. The highest BCUT2D eigenvalue weighted by Crippen LogP contribution is 2.38. The third-order valence-corrected chi connectivity index (χ3v) is 8.15. The fourth-order valence-electron chi connectivity index (χ4n) is 4.52. The molecule has 11 nitrogen and oxygen atoms in total. The molecule has 4 aromatic rings. The molecule has 12 heteroatoms. The molecule has 1 aliphatic rings. The summed E-state index contributed by atoms with van der Waals surface area (Å²) in [6.45, 7) is 2.85. The van der Waals surface area contributed by atoms with E-state index in [1.165, 1.54) is 0 Å². The zero-order valence-electron chi connectivity index (χ0n) is 21.4. The van der Waals surface area contributed by atoms with Gasteiger partial charge in [-0.25, -0.2) is 18.4 Å². The van der Waals surface area contributed by atoms with Crippen molar-refractivity contribution in [2.24, 2.45) is 0 Å². The molecule has 38 heavy (non-hydrogen) atoms. The van der Waals surface area contributed by atoms with Gasteiger partial charge in [-0.15, -0.1) is 10.2 Å². The van der Waals surface area contributed by atoms with Crippen molar-refractivity contribution in [3.8, 4) is 28.6 Å². The minimum absolute atomic E-state index is 0.0374. The molecule has 0 spiro atoms. The molecular weight excluding hydrogens is 506 g/mol.